The quantitative estimate of drug-likeness (QED) is 0.769. The SMILES string of the molecule is Cc1csc(=NC2CCCCC2)n1N=Cc1cc(Br)ccc1O. The summed E-state index contributed by atoms with van der Waals surface area (Å²) >= 11 is 5.04. The van der Waals surface area contributed by atoms with Crippen molar-refractivity contribution < 1.29 is 5.11 Å². The van der Waals surface area contributed by atoms with E-state index in [2.05, 4.69) is 26.4 Å². The molecule has 0 aliphatic heterocycles. The van der Waals surface area contributed by atoms with Gasteiger partial charge < -0.3 is 5.11 Å². The minimum atomic E-state index is 0.219. The van der Waals surface area contributed by atoms with Gasteiger partial charge in [0.05, 0.1) is 18.0 Å². The molecule has 6 heteroatoms. The summed E-state index contributed by atoms with van der Waals surface area (Å²) in [6, 6.07) is 5.73. The fourth-order valence-corrected chi connectivity index (χ4v) is 3.98. The van der Waals surface area contributed by atoms with Crippen molar-refractivity contribution in [3.8, 4) is 5.75 Å². The standard InChI is InChI=1S/C17H20BrN3OS/c1-12-11-23-17(20-15-5-3-2-4-6-15)21(12)19-10-13-9-14(18)7-8-16(13)22/h7-11,15,22H,2-6H2,1H3. The third kappa shape index (κ3) is 4.12. The van der Waals surface area contributed by atoms with Crippen molar-refractivity contribution in [3.05, 3.63) is 44.1 Å². The van der Waals surface area contributed by atoms with Crippen LogP contribution in [0.25, 0.3) is 0 Å². The van der Waals surface area contributed by atoms with Crippen molar-refractivity contribution >= 4 is 33.5 Å². The minimum Gasteiger partial charge on any atom is -0.507 e. The number of phenolic OH excluding ortho intramolecular Hbond substituents is 1. The maximum Gasteiger partial charge on any atom is 0.206 e. The lowest BCUT2D eigenvalue weighted by atomic mass is 9.96. The lowest BCUT2D eigenvalue weighted by Gasteiger charge is -2.16. The first-order chi connectivity index (χ1) is 11.1. The van der Waals surface area contributed by atoms with Gasteiger partial charge in [0.1, 0.15) is 5.75 Å². The highest BCUT2D eigenvalue weighted by Gasteiger charge is 2.12. The smallest absolute Gasteiger partial charge is 0.206 e. The molecular weight excluding hydrogens is 374 g/mol. The maximum absolute atomic E-state index is 9.92. The molecule has 1 aromatic carbocycles. The monoisotopic (exact) mass is 393 g/mol. The van der Waals surface area contributed by atoms with Gasteiger partial charge in [-0.3, -0.25) is 4.99 Å². The summed E-state index contributed by atoms with van der Waals surface area (Å²) in [5.41, 5.74) is 1.73. The zero-order chi connectivity index (χ0) is 16.2. The Kier molecular flexibility index (Phi) is 5.33. The third-order valence-electron chi connectivity index (χ3n) is 4.02. The van der Waals surface area contributed by atoms with Crippen molar-refractivity contribution in [2.24, 2.45) is 10.1 Å². The minimum absolute atomic E-state index is 0.219. The normalized spacial score (nSPS) is 17.2. The van der Waals surface area contributed by atoms with Gasteiger partial charge >= 0.3 is 0 Å². The second kappa shape index (κ2) is 7.45. The van der Waals surface area contributed by atoms with Crippen molar-refractivity contribution in [1.82, 2.24) is 4.68 Å². The molecule has 2 aromatic rings. The molecule has 3 rings (SSSR count). The number of aromatic hydroxyl groups is 1. The highest BCUT2D eigenvalue weighted by molar-refractivity contribution is 9.10. The number of halogens is 1. The lowest BCUT2D eigenvalue weighted by Crippen LogP contribution is -2.19. The highest BCUT2D eigenvalue weighted by Crippen LogP contribution is 2.21. The molecule has 1 aliphatic carbocycles. The van der Waals surface area contributed by atoms with Crippen molar-refractivity contribution in [3.63, 3.8) is 0 Å². The fraction of sp³-hybridized carbons (Fsp3) is 0.412. The number of aryl methyl sites for hydroxylation is 1. The number of hydrogen-bond acceptors (Lipinski definition) is 4. The molecule has 122 valence electrons. The third-order valence-corrected chi connectivity index (χ3v) is 5.46. The number of benzene rings is 1. The highest BCUT2D eigenvalue weighted by atomic mass is 79.9. The summed E-state index contributed by atoms with van der Waals surface area (Å²) in [4.78, 5) is 5.82. The van der Waals surface area contributed by atoms with Crippen molar-refractivity contribution in [1.29, 1.82) is 0 Å². The van der Waals surface area contributed by atoms with Crippen LogP contribution in [0.3, 0.4) is 0 Å². The van der Waals surface area contributed by atoms with Gasteiger partial charge in [-0.05, 0) is 38.0 Å². The Morgan fingerprint density at radius 3 is 2.87 bits per heavy atom. The van der Waals surface area contributed by atoms with E-state index < -0.39 is 0 Å². The summed E-state index contributed by atoms with van der Waals surface area (Å²) in [5, 5.41) is 16.5. The molecule has 1 heterocycles. The summed E-state index contributed by atoms with van der Waals surface area (Å²) < 4.78 is 2.77. The van der Waals surface area contributed by atoms with Gasteiger partial charge in [-0.1, -0.05) is 35.2 Å². The van der Waals surface area contributed by atoms with Crippen LogP contribution >= 0.6 is 27.3 Å². The fourth-order valence-electron chi connectivity index (χ4n) is 2.73. The van der Waals surface area contributed by atoms with Crippen LogP contribution in [0, 0.1) is 6.92 Å². The first-order valence-electron chi connectivity index (χ1n) is 7.87. The first-order valence-corrected chi connectivity index (χ1v) is 9.54. The summed E-state index contributed by atoms with van der Waals surface area (Å²) in [6.07, 6.45) is 7.90. The van der Waals surface area contributed by atoms with E-state index in [1.807, 2.05) is 17.7 Å². The van der Waals surface area contributed by atoms with E-state index in [9.17, 15) is 5.11 Å². The average molecular weight is 394 g/mol. The van der Waals surface area contributed by atoms with Crippen LogP contribution in [-0.2, 0) is 0 Å². The maximum atomic E-state index is 9.92. The lowest BCUT2D eigenvalue weighted by molar-refractivity contribution is 0.435. The molecule has 23 heavy (non-hydrogen) atoms. The molecule has 0 unspecified atom stereocenters. The zero-order valence-electron chi connectivity index (χ0n) is 13.1. The van der Waals surface area contributed by atoms with Crippen LogP contribution in [0.2, 0.25) is 0 Å². The van der Waals surface area contributed by atoms with Crippen LogP contribution in [0.15, 0.2) is 38.1 Å². The van der Waals surface area contributed by atoms with Gasteiger partial charge in [0.25, 0.3) is 0 Å². The largest absolute Gasteiger partial charge is 0.507 e. The molecule has 0 amide bonds. The van der Waals surface area contributed by atoms with Gasteiger partial charge in [-0.15, -0.1) is 11.3 Å². The van der Waals surface area contributed by atoms with Gasteiger partial charge in [0, 0.05) is 15.4 Å². The second-order valence-corrected chi connectivity index (χ2v) is 7.59. The van der Waals surface area contributed by atoms with Gasteiger partial charge in [-0.25, -0.2) is 4.68 Å². The molecule has 4 nitrogen and oxygen atoms in total. The Labute approximate surface area is 148 Å². The predicted molar refractivity (Wildman–Crippen MR) is 98.3 cm³/mol. The first kappa shape index (κ1) is 16.5. The van der Waals surface area contributed by atoms with Crippen LogP contribution < -0.4 is 4.80 Å². The summed E-state index contributed by atoms with van der Waals surface area (Å²) in [6.45, 7) is 2.02. The second-order valence-electron chi connectivity index (χ2n) is 5.84. The van der Waals surface area contributed by atoms with Gasteiger partial charge in [0.15, 0.2) is 0 Å². The van der Waals surface area contributed by atoms with Crippen LogP contribution in [0.5, 0.6) is 5.75 Å². The van der Waals surface area contributed by atoms with Crippen LogP contribution in [-0.4, -0.2) is 22.0 Å². The number of phenols is 1. The summed E-state index contributed by atoms with van der Waals surface area (Å²) in [5.74, 6) is 0.219. The number of nitrogens with zero attached hydrogens (tertiary/aromatic N) is 3. The molecule has 1 N–H and O–H groups in total. The topological polar surface area (TPSA) is 49.9 Å². The molecule has 1 aliphatic rings. The molecule has 1 saturated carbocycles. The van der Waals surface area contributed by atoms with E-state index in [0.717, 1.165) is 15.0 Å². The number of rotatable bonds is 3. The molecule has 0 spiro atoms. The number of hydrogen-bond donors (Lipinski definition) is 1. The van der Waals surface area contributed by atoms with E-state index in [0.29, 0.717) is 11.6 Å². The van der Waals surface area contributed by atoms with Crippen LogP contribution in [0.1, 0.15) is 43.4 Å². The average Bonchev–Trinajstić information content (AvgIpc) is 2.89. The Morgan fingerprint density at radius 2 is 2.09 bits per heavy atom. The Balaban J connectivity index is 1.90. The molecule has 0 bridgehead atoms. The summed E-state index contributed by atoms with van der Waals surface area (Å²) in [7, 11) is 0. The number of aromatic nitrogens is 1. The molecule has 0 saturated heterocycles. The zero-order valence-corrected chi connectivity index (χ0v) is 15.5. The van der Waals surface area contributed by atoms with E-state index in [1.54, 1.807) is 29.7 Å². The van der Waals surface area contributed by atoms with Gasteiger partial charge in [0.2, 0.25) is 4.80 Å². The van der Waals surface area contributed by atoms with Gasteiger partial charge in [-0.2, -0.15) is 5.10 Å². The van der Waals surface area contributed by atoms with E-state index in [1.165, 1.54) is 32.1 Å². The predicted octanol–water partition coefficient (Wildman–Crippen LogP) is 4.44. The van der Waals surface area contributed by atoms with Crippen molar-refractivity contribution in [2.75, 3.05) is 0 Å². The van der Waals surface area contributed by atoms with E-state index >= 15 is 0 Å². The van der Waals surface area contributed by atoms with E-state index in [4.69, 9.17) is 4.99 Å². The van der Waals surface area contributed by atoms with E-state index in [-0.39, 0.29) is 5.75 Å². The molecular formula is C17H20BrN3OS. The van der Waals surface area contributed by atoms with Crippen molar-refractivity contribution in [2.45, 2.75) is 45.1 Å². The molecule has 1 aromatic heterocycles. The number of thiazole rings is 1. The van der Waals surface area contributed by atoms with Crippen LogP contribution in [0.4, 0.5) is 0 Å². The Morgan fingerprint density at radius 1 is 1.30 bits per heavy atom. The molecule has 1 fully saturated rings. The molecule has 0 atom stereocenters. The Bertz CT molecular complexity index is 772. The molecule has 0 radical (unpaired) electrons. The Hall–Kier alpha value is -1.40.